The fraction of sp³-hybridized carbons (Fsp3) is 0.571. The highest BCUT2D eigenvalue weighted by Gasteiger charge is 2.16. The highest BCUT2D eigenvalue weighted by molar-refractivity contribution is 5.26. The zero-order chi connectivity index (χ0) is 10.0. The minimum Gasteiger partial charge on any atom is -0.385 e. The molecule has 1 aromatic rings. The molecule has 6 nitrogen and oxygen atoms in total. The maximum Gasteiger partial charge on any atom is 0.225 e. The molecular weight excluding hydrogens is 170 g/mol. The topological polar surface area (TPSA) is 111 Å². The molecule has 0 fully saturated rings. The number of aliphatic hydroxyl groups excluding tert-OH is 1. The van der Waals surface area contributed by atoms with E-state index in [4.69, 9.17) is 11.5 Å². The highest BCUT2D eigenvalue weighted by atomic mass is 16.3. The zero-order valence-electron chi connectivity index (χ0n) is 7.60. The van der Waals surface area contributed by atoms with Crippen LogP contribution in [0.5, 0.6) is 0 Å². The third-order valence-corrected chi connectivity index (χ3v) is 1.58. The van der Waals surface area contributed by atoms with Crippen LogP contribution in [0.25, 0.3) is 0 Å². The van der Waals surface area contributed by atoms with Crippen molar-refractivity contribution in [3.63, 3.8) is 0 Å². The number of nitrogens with zero attached hydrogens (tertiary/aromatic N) is 3. The third-order valence-electron chi connectivity index (χ3n) is 1.58. The van der Waals surface area contributed by atoms with Gasteiger partial charge in [-0.1, -0.05) is 13.8 Å². The number of nitrogen functional groups attached to an aromatic ring is 2. The van der Waals surface area contributed by atoms with E-state index < -0.39 is 6.10 Å². The van der Waals surface area contributed by atoms with Crippen molar-refractivity contribution in [3.8, 4) is 0 Å². The molecule has 0 spiro atoms. The Morgan fingerprint density at radius 1 is 1.08 bits per heavy atom. The van der Waals surface area contributed by atoms with E-state index in [0.29, 0.717) is 0 Å². The minimum atomic E-state index is -0.757. The number of hydrogen-bond acceptors (Lipinski definition) is 6. The smallest absolute Gasteiger partial charge is 0.225 e. The van der Waals surface area contributed by atoms with Gasteiger partial charge in [-0.2, -0.15) is 15.0 Å². The highest BCUT2D eigenvalue weighted by Crippen LogP contribution is 2.18. The number of aromatic nitrogens is 3. The van der Waals surface area contributed by atoms with Gasteiger partial charge in [0.05, 0.1) is 0 Å². The fourth-order valence-corrected chi connectivity index (χ4v) is 0.858. The average Bonchev–Trinajstić information content (AvgIpc) is 2.01. The van der Waals surface area contributed by atoms with Crippen molar-refractivity contribution in [2.24, 2.45) is 5.92 Å². The van der Waals surface area contributed by atoms with Crippen LogP contribution in [0.3, 0.4) is 0 Å². The van der Waals surface area contributed by atoms with Crippen molar-refractivity contribution < 1.29 is 5.11 Å². The van der Waals surface area contributed by atoms with Crippen molar-refractivity contribution >= 4 is 11.9 Å². The minimum absolute atomic E-state index is 0.0150. The van der Waals surface area contributed by atoms with E-state index in [-0.39, 0.29) is 23.6 Å². The van der Waals surface area contributed by atoms with Gasteiger partial charge >= 0.3 is 0 Å². The number of nitrogens with two attached hydrogens (primary N) is 2. The lowest BCUT2D eigenvalue weighted by atomic mass is 10.1. The van der Waals surface area contributed by atoms with Crippen LogP contribution < -0.4 is 11.5 Å². The lowest BCUT2D eigenvalue weighted by molar-refractivity contribution is 0.118. The van der Waals surface area contributed by atoms with E-state index >= 15 is 0 Å². The first-order valence-corrected chi connectivity index (χ1v) is 3.95. The summed E-state index contributed by atoms with van der Waals surface area (Å²) in [7, 11) is 0. The first kappa shape index (κ1) is 9.66. The van der Waals surface area contributed by atoms with E-state index in [1.54, 1.807) is 0 Å². The van der Waals surface area contributed by atoms with Gasteiger partial charge in [0.15, 0.2) is 5.82 Å². The molecule has 1 aromatic heterocycles. The molecule has 6 heteroatoms. The Hall–Kier alpha value is -1.43. The summed E-state index contributed by atoms with van der Waals surface area (Å²) in [6.07, 6.45) is -0.757. The van der Waals surface area contributed by atoms with Crippen LogP contribution in [0.4, 0.5) is 11.9 Å². The van der Waals surface area contributed by atoms with Crippen LogP contribution in [-0.4, -0.2) is 20.1 Å². The predicted octanol–water partition coefficient (Wildman–Crippen LogP) is -0.275. The molecule has 0 radical (unpaired) electrons. The molecule has 5 N–H and O–H groups in total. The molecule has 13 heavy (non-hydrogen) atoms. The van der Waals surface area contributed by atoms with Gasteiger partial charge in [0, 0.05) is 0 Å². The maximum absolute atomic E-state index is 9.58. The molecule has 1 rings (SSSR count). The van der Waals surface area contributed by atoms with Crippen LogP contribution in [0, 0.1) is 5.92 Å². The lowest BCUT2D eigenvalue weighted by Crippen LogP contribution is -2.14. The largest absolute Gasteiger partial charge is 0.385 e. The third kappa shape index (κ3) is 2.25. The standard InChI is InChI=1S/C7H13N5O/c1-3(2)4(13)5-10-6(8)12-7(9)11-5/h3-4,13H,1-2H3,(H4,8,9,10,11,12). The number of rotatable bonds is 2. The molecule has 1 atom stereocenters. The first-order valence-electron chi connectivity index (χ1n) is 3.95. The maximum atomic E-state index is 9.58. The van der Waals surface area contributed by atoms with Crippen LogP contribution >= 0.6 is 0 Å². The molecule has 1 unspecified atom stereocenters. The zero-order valence-corrected chi connectivity index (χ0v) is 7.60. The summed E-state index contributed by atoms with van der Waals surface area (Å²) in [5, 5.41) is 9.58. The molecule has 1 heterocycles. The van der Waals surface area contributed by atoms with E-state index in [1.165, 1.54) is 0 Å². The van der Waals surface area contributed by atoms with E-state index in [1.807, 2.05) is 13.8 Å². The molecular formula is C7H13N5O. The lowest BCUT2D eigenvalue weighted by Gasteiger charge is -2.12. The van der Waals surface area contributed by atoms with Crippen LogP contribution in [0.1, 0.15) is 25.8 Å². The molecule has 0 aliphatic rings. The van der Waals surface area contributed by atoms with Crippen LogP contribution in [0.15, 0.2) is 0 Å². The van der Waals surface area contributed by atoms with Gasteiger partial charge in [-0.15, -0.1) is 0 Å². The Morgan fingerprint density at radius 2 is 1.54 bits per heavy atom. The summed E-state index contributed by atoms with van der Waals surface area (Å²) in [5.41, 5.74) is 10.7. The second kappa shape index (κ2) is 3.53. The Balaban J connectivity index is 3.01. The normalized spacial score (nSPS) is 13.2. The van der Waals surface area contributed by atoms with Gasteiger partial charge in [0.2, 0.25) is 11.9 Å². The van der Waals surface area contributed by atoms with Crippen molar-refractivity contribution in [3.05, 3.63) is 5.82 Å². The SMILES string of the molecule is CC(C)C(O)c1nc(N)nc(N)n1. The summed E-state index contributed by atoms with van der Waals surface area (Å²) in [6.45, 7) is 3.70. The Bertz CT molecular complexity index is 281. The van der Waals surface area contributed by atoms with Gasteiger partial charge in [0.25, 0.3) is 0 Å². The fourth-order valence-electron chi connectivity index (χ4n) is 0.858. The molecule has 0 aromatic carbocycles. The summed E-state index contributed by atoms with van der Waals surface area (Å²) in [4.78, 5) is 11.2. The van der Waals surface area contributed by atoms with E-state index in [0.717, 1.165) is 0 Å². The molecule has 0 aliphatic heterocycles. The van der Waals surface area contributed by atoms with Gasteiger partial charge < -0.3 is 16.6 Å². The summed E-state index contributed by atoms with van der Waals surface area (Å²) in [6, 6.07) is 0. The summed E-state index contributed by atoms with van der Waals surface area (Å²) < 4.78 is 0. The summed E-state index contributed by atoms with van der Waals surface area (Å²) in [5.74, 6) is 0.297. The van der Waals surface area contributed by atoms with Gasteiger partial charge in [-0.3, -0.25) is 0 Å². The number of hydrogen-bond donors (Lipinski definition) is 3. The molecule has 0 saturated carbocycles. The van der Waals surface area contributed by atoms with Crippen LogP contribution in [0.2, 0.25) is 0 Å². The Labute approximate surface area is 76.0 Å². The van der Waals surface area contributed by atoms with Crippen molar-refractivity contribution in [1.29, 1.82) is 0 Å². The molecule has 0 bridgehead atoms. The van der Waals surface area contributed by atoms with Crippen LogP contribution in [-0.2, 0) is 0 Å². The summed E-state index contributed by atoms with van der Waals surface area (Å²) >= 11 is 0. The number of aliphatic hydroxyl groups is 1. The van der Waals surface area contributed by atoms with Gasteiger partial charge in [-0.05, 0) is 5.92 Å². The molecule has 0 saturated heterocycles. The predicted molar refractivity (Wildman–Crippen MR) is 48.4 cm³/mol. The van der Waals surface area contributed by atoms with Crippen molar-refractivity contribution in [1.82, 2.24) is 15.0 Å². The second-order valence-electron chi connectivity index (χ2n) is 3.10. The van der Waals surface area contributed by atoms with Crippen molar-refractivity contribution in [2.75, 3.05) is 11.5 Å². The van der Waals surface area contributed by atoms with Gasteiger partial charge in [-0.25, -0.2) is 0 Å². The monoisotopic (exact) mass is 183 g/mol. The number of anilines is 2. The van der Waals surface area contributed by atoms with Crippen molar-refractivity contribution in [2.45, 2.75) is 20.0 Å². The molecule has 0 amide bonds. The first-order chi connectivity index (χ1) is 6.00. The quantitative estimate of drug-likeness (QED) is 0.581. The average molecular weight is 183 g/mol. The Kier molecular flexibility index (Phi) is 2.62. The van der Waals surface area contributed by atoms with E-state index in [2.05, 4.69) is 15.0 Å². The van der Waals surface area contributed by atoms with E-state index in [9.17, 15) is 5.11 Å². The molecule has 0 aliphatic carbocycles. The Morgan fingerprint density at radius 3 is 1.92 bits per heavy atom. The van der Waals surface area contributed by atoms with Gasteiger partial charge in [0.1, 0.15) is 6.10 Å². The second-order valence-corrected chi connectivity index (χ2v) is 3.10. The molecule has 72 valence electrons.